The van der Waals surface area contributed by atoms with Gasteiger partial charge in [0.2, 0.25) is 10.0 Å². The molecule has 0 saturated heterocycles. The fraction of sp³-hybridized carbons (Fsp3) is 0.462. The van der Waals surface area contributed by atoms with Crippen molar-refractivity contribution in [2.45, 2.75) is 37.5 Å². The molecule has 1 rings (SSSR count). The first-order valence-corrected chi connectivity index (χ1v) is 8.27. The van der Waals surface area contributed by atoms with Crippen molar-refractivity contribution >= 4 is 27.6 Å². The van der Waals surface area contributed by atoms with E-state index in [-0.39, 0.29) is 15.5 Å². The molecule has 0 aliphatic rings. The van der Waals surface area contributed by atoms with Gasteiger partial charge in [0.25, 0.3) is 0 Å². The number of benzene rings is 1. The van der Waals surface area contributed by atoms with E-state index in [1.54, 1.807) is 0 Å². The van der Waals surface area contributed by atoms with Gasteiger partial charge in [-0.25, -0.2) is 18.4 Å². The smallest absolute Gasteiger partial charge is 0.338 e. The van der Waals surface area contributed by atoms with E-state index in [1.165, 1.54) is 12.1 Å². The number of nitrogens with two attached hydrogens (primary N) is 1. The van der Waals surface area contributed by atoms with Gasteiger partial charge in [-0.1, -0.05) is 37.8 Å². The summed E-state index contributed by atoms with van der Waals surface area (Å²) in [4.78, 5) is 11.6. The molecule has 0 aliphatic heterocycles. The molecule has 1 aromatic rings. The lowest BCUT2D eigenvalue weighted by Gasteiger charge is -2.06. The number of halogens is 1. The van der Waals surface area contributed by atoms with E-state index in [0.717, 1.165) is 31.7 Å². The summed E-state index contributed by atoms with van der Waals surface area (Å²) >= 11 is 5.77. The SMILES string of the molecule is CCCCCCOC(=O)c1cc(Cl)cc(S(N)(=O)=O)c1. The molecular formula is C13H18ClNO4S. The second-order valence-corrected chi connectivity index (χ2v) is 6.42. The van der Waals surface area contributed by atoms with Gasteiger partial charge in [-0.2, -0.15) is 0 Å². The van der Waals surface area contributed by atoms with Crippen molar-refractivity contribution in [1.29, 1.82) is 0 Å². The van der Waals surface area contributed by atoms with Gasteiger partial charge < -0.3 is 4.74 Å². The molecule has 0 spiro atoms. The van der Waals surface area contributed by atoms with Crippen LogP contribution in [-0.4, -0.2) is 21.0 Å². The maximum absolute atomic E-state index is 11.8. The number of carbonyl (C=O) groups is 1. The summed E-state index contributed by atoms with van der Waals surface area (Å²) in [6.45, 7) is 2.39. The molecule has 1 aromatic carbocycles. The Morgan fingerprint density at radius 1 is 1.25 bits per heavy atom. The standard InChI is InChI=1S/C13H18ClNO4S/c1-2-3-4-5-6-19-13(16)10-7-11(14)9-12(8-10)20(15,17)18/h7-9H,2-6H2,1H3,(H2,15,17,18). The Labute approximate surface area is 124 Å². The van der Waals surface area contributed by atoms with Crippen LogP contribution >= 0.6 is 11.6 Å². The summed E-state index contributed by atoms with van der Waals surface area (Å²) in [5.41, 5.74) is 0.0806. The van der Waals surface area contributed by atoms with E-state index in [1.807, 2.05) is 0 Å². The van der Waals surface area contributed by atoms with Crippen LogP contribution in [0.2, 0.25) is 5.02 Å². The molecular weight excluding hydrogens is 302 g/mol. The number of rotatable bonds is 7. The third-order valence-electron chi connectivity index (χ3n) is 2.67. The van der Waals surface area contributed by atoms with Gasteiger partial charge in [0, 0.05) is 5.02 Å². The Bertz CT molecular complexity index is 572. The van der Waals surface area contributed by atoms with Crippen LogP contribution in [0.4, 0.5) is 0 Å². The highest BCUT2D eigenvalue weighted by Crippen LogP contribution is 2.19. The van der Waals surface area contributed by atoms with Crippen molar-refractivity contribution in [3.05, 3.63) is 28.8 Å². The second kappa shape index (κ2) is 7.61. The highest BCUT2D eigenvalue weighted by molar-refractivity contribution is 7.89. The zero-order chi connectivity index (χ0) is 15.2. The topological polar surface area (TPSA) is 86.5 Å². The number of ether oxygens (including phenoxy) is 1. The Balaban J connectivity index is 2.71. The van der Waals surface area contributed by atoms with Crippen LogP contribution in [0.5, 0.6) is 0 Å². The molecule has 0 aliphatic carbocycles. The molecule has 0 radical (unpaired) electrons. The predicted octanol–water partition coefficient (Wildman–Crippen LogP) is 2.72. The van der Waals surface area contributed by atoms with E-state index < -0.39 is 16.0 Å². The second-order valence-electron chi connectivity index (χ2n) is 4.42. The number of carbonyl (C=O) groups excluding carboxylic acids is 1. The molecule has 0 aromatic heterocycles. The summed E-state index contributed by atoms with van der Waals surface area (Å²) in [5, 5.41) is 5.13. The minimum atomic E-state index is -3.91. The number of primary sulfonamides is 1. The van der Waals surface area contributed by atoms with E-state index in [9.17, 15) is 13.2 Å². The monoisotopic (exact) mass is 319 g/mol. The van der Waals surface area contributed by atoms with Gasteiger partial charge in [0.15, 0.2) is 0 Å². The van der Waals surface area contributed by atoms with Crippen molar-refractivity contribution < 1.29 is 17.9 Å². The summed E-state index contributed by atoms with van der Waals surface area (Å²) in [7, 11) is -3.91. The molecule has 0 heterocycles. The van der Waals surface area contributed by atoms with Gasteiger partial charge in [-0.3, -0.25) is 0 Å². The third-order valence-corrected chi connectivity index (χ3v) is 3.78. The molecule has 20 heavy (non-hydrogen) atoms. The largest absolute Gasteiger partial charge is 0.462 e. The number of sulfonamides is 1. The van der Waals surface area contributed by atoms with E-state index in [0.29, 0.717) is 6.61 Å². The number of hydrogen-bond acceptors (Lipinski definition) is 4. The zero-order valence-corrected chi connectivity index (χ0v) is 12.8. The average Bonchev–Trinajstić information content (AvgIpc) is 2.36. The van der Waals surface area contributed by atoms with Crippen molar-refractivity contribution in [3.8, 4) is 0 Å². The third kappa shape index (κ3) is 5.48. The number of hydrogen-bond donors (Lipinski definition) is 1. The molecule has 2 N–H and O–H groups in total. The van der Waals surface area contributed by atoms with Gasteiger partial charge in [-0.05, 0) is 24.6 Å². The lowest BCUT2D eigenvalue weighted by Crippen LogP contribution is -2.14. The first-order valence-electron chi connectivity index (χ1n) is 6.35. The van der Waals surface area contributed by atoms with Crippen LogP contribution in [0.3, 0.4) is 0 Å². The Hall–Kier alpha value is -1.11. The van der Waals surface area contributed by atoms with Crippen molar-refractivity contribution in [2.75, 3.05) is 6.61 Å². The van der Waals surface area contributed by atoms with Crippen molar-refractivity contribution in [2.24, 2.45) is 5.14 Å². The summed E-state index contributed by atoms with van der Waals surface area (Å²) in [6.07, 6.45) is 3.95. The van der Waals surface area contributed by atoms with E-state index in [2.05, 4.69) is 6.92 Å². The fourth-order valence-electron chi connectivity index (χ4n) is 1.62. The maximum Gasteiger partial charge on any atom is 0.338 e. The van der Waals surface area contributed by atoms with Crippen LogP contribution in [0, 0.1) is 0 Å². The van der Waals surface area contributed by atoms with E-state index in [4.69, 9.17) is 21.5 Å². The normalized spacial score (nSPS) is 11.3. The van der Waals surface area contributed by atoms with Crippen LogP contribution in [0.25, 0.3) is 0 Å². The van der Waals surface area contributed by atoms with Crippen molar-refractivity contribution in [3.63, 3.8) is 0 Å². The summed E-state index contributed by atoms with van der Waals surface area (Å²) < 4.78 is 27.6. The van der Waals surface area contributed by atoms with Gasteiger partial charge in [0.1, 0.15) is 0 Å². The quantitative estimate of drug-likeness (QED) is 0.618. The molecule has 0 saturated carbocycles. The first-order chi connectivity index (χ1) is 9.34. The van der Waals surface area contributed by atoms with Gasteiger partial charge in [-0.15, -0.1) is 0 Å². The highest BCUT2D eigenvalue weighted by atomic mass is 35.5. The molecule has 5 nitrogen and oxygen atoms in total. The molecule has 0 atom stereocenters. The molecule has 0 fully saturated rings. The number of esters is 1. The lowest BCUT2D eigenvalue weighted by molar-refractivity contribution is 0.0497. The molecule has 7 heteroatoms. The van der Waals surface area contributed by atoms with E-state index >= 15 is 0 Å². The molecule has 0 amide bonds. The highest BCUT2D eigenvalue weighted by Gasteiger charge is 2.15. The minimum absolute atomic E-state index is 0.0806. The van der Waals surface area contributed by atoms with Gasteiger partial charge in [0.05, 0.1) is 17.1 Å². The molecule has 0 bridgehead atoms. The maximum atomic E-state index is 11.8. The average molecular weight is 320 g/mol. The van der Waals surface area contributed by atoms with Crippen LogP contribution in [0.15, 0.2) is 23.1 Å². The summed E-state index contributed by atoms with van der Waals surface area (Å²) in [6, 6.07) is 3.70. The Morgan fingerprint density at radius 3 is 2.55 bits per heavy atom. The molecule has 0 unspecified atom stereocenters. The predicted molar refractivity (Wildman–Crippen MR) is 77.2 cm³/mol. The molecule has 112 valence electrons. The van der Waals surface area contributed by atoms with Crippen LogP contribution in [0.1, 0.15) is 43.0 Å². The van der Waals surface area contributed by atoms with Crippen molar-refractivity contribution in [1.82, 2.24) is 0 Å². The Morgan fingerprint density at radius 2 is 1.95 bits per heavy atom. The van der Waals surface area contributed by atoms with Gasteiger partial charge >= 0.3 is 5.97 Å². The minimum Gasteiger partial charge on any atom is -0.462 e. The first kappa shape index (κ1) is 16.9. The number of unbranched alkanes of at least 4 members (excludes halogenated alkanes) is 3. The Kier molecular flexibility index (Phi) is 6.45. The zero-order valence-electron chi connectivity index (χ0n) is 11.3. The van der Waals surface area contributed by atoms with Crippen LogP contribution in [-0.2, 0) is 14.8 Å². The fourth-order valence-corrected chi connectivity index (χ4v) is 2.50. The summed E-state index contributed by atoms with van der Waals surface area (Å²) in [5.74, 6) is -0.603. The lowest BCUT2D eigenvalue weighted by atomic mass is 10.2. The van der Waals surface area contributed by atoms with Crippen LogP contribution < -0.4 is 5.14 Å².